The fourth-order valence-electron chi connectivity index (χ4n) is 2.32. The molecule has 0 spiro atoms. The highest BCUT2D eigenvalue weighted by atomic mass is 16.6. The van der Waals surface area contributed by atoms with Crippen LogP contribution >= 0.6 is 0 Å². The van der Waals surface area contributed by atoms with Crippen molar-refractivity contribution >= 4 is 12.1 Å². The summed E-state index contributed by atoms with van der Waals surface area (Å²) in [6, 6.07) is -0.857. The second-order valence-corrected chi connectivity index (χ2v) is 5.95. The van der Waals surface area contributed by atoms with Crippen LogP contribution in [0.25, 0.3) is 0 Å². The molecule has 2 N–H and O–H groups in total. The second kappa shape index (κ2) is 5.15. The number of rotatable bonds is 2. The maximum Gasteiger partial charge on any atom is 0.411 e. The number of ether oxygens (including phenoxy) is 1. The Morgan fingerprint density at radius 1 is 1.50 bits per heavy atom. The number of aromatic nitrogens is 2. The van der Waals surface area contributed by atoms with E-state index in [9.17, 15) is 14.7 Å². The van der Waals surface area contributed by atoms with Gasteiger partial charge in [-0.3, -0.25) is 10.00 Å². The minimum absolute atomic E-state index is 0.0395. The van der Waals surface area contributed by atoms with Crippen LogP contribution in [0, 0.1) is 0 Å². The third kappa shape index (κ3) is 3.09. The molecule has 7 nitrogen and oxygen atoms in total. The molecule has 0 saturated carbocycles. The molecule has 0 radical (unpaired) electrons. The average Bonchev–Trinajstić information content (AvgIpc) is 2.95. The number of H-pyrrole nitrogens is 1. The highest BCUT2D eigenvalue weighted by molar-refractivity contribution is 5.81. The molecule has 7 heteroatoms. The molecule has 1 unspecified atom stereocenters. The van der Waals surface area contributed by atoms with Crippen LogP contribution in [0.5, 0.6) is 0 Å². The number of likely N-dealkylation sites (tertiary alicyclic amines) is 1. The molecule has 2 rings (SSSR count). The summed E-state index contributed by atoms with van der Waals surface area (Å²) in [6.45, 7) is 5.59. The molecule has 0 aliphatic carbocycles. The Morgan fingerprint density at radius 2 is 2.20 bits per heavy atom. The normalized spacial score (nSPS) is 22.9. The molecule has 1 aliphatic heterocycles. The van der Waals surface area contributed by atoms with Gasteiger partial charge in [-0.2, -0.15) is 5.10 Å². The summed E-state index contributed by atoms with van der Waals surface area (Å²) < 4.78 is 5.27. The number of carbonyl (C=O) groups excluding carboxylic acids is 1. The molecular formula is C13H19N3O4. The van der Waals surface area contributed by atoms with Crippen molar-refractivity contribution in [1.82, 2.24) is 15.1 Å². The van der Waals surface area contributed by atoms with Gasteiger partial charge in [0, 0.05) is 18.7 Å². The van der Waals surface area contributed by atoms with Gasteiger partial charge < -0.3 is 9.84 Å². The quantitative estimate of drug-likeness (QED) is 0.858. The fourth-order valence-corrected chi connectivity index (χ4v) is 2.32. The number of carboxylic acids is 1. The van der Waals surface area contributed by atoms with Gasteiger partial charge in [0.05, 0.1) is 6.20 Å². The number of aromatic amines is 1. The smallest absolute Gasteiger partial charge is 0.411 e. The predicted octanol–water partition coefficient (Wildman–Crippen LogP) is 1.59. The summed E-state index contributed by atoms with van der Waals surface area (Å²) in [5.74, 6) is -1.05. The molecule has 110 valence electrons. The summed E-state index contributed by atoms with van der Waals surface area (Å²) in [6.07, 6.45) is 3.16. The molecule has 0 bridgehead atoms. The van der Waals surface area contributed by atoms with Crippen molar-refractivity contribution in [3.05, 3.63) is 18.0 Å². The minimum Gasteiger partial charge on any atom is -0.480 e. The fraction of sp³-hybridized carbons (Fsp3) is 0.615. The summed E-state index contributed by atoms with van der Waals surface area (Å²) in [5, 5.41) is 15.8. The molecule has 2 heterocycles. The van der Waals surface area contributed by atoms with Crippen LogP contribution in [0.4, 0.5) is 4.79 Å². The highest BCUT2D eigenvalue weighted by Gasteiger charge is 2.42. The van der Waals surface area contributed by atoms with E-state index in [0.717, 1.165) is 5.56 Å². The summed E-state index contributed by atoms with van der Waals surface area (Å²) in [4.78, 5) is 24.7. The average molecular weight is 281 g/mol. The van der Waals surface area contributed by atoms with Gasteiger partial charge in [0.15, 0.2) is 0 Å². The lowest BCUT2D eigenvalue weighted by Crippen LogP contribution is -2.43. The summed E-state index contributed by atoms with van der Waals surface area (Å²) in [7, 11) is 0. The van der Waals surface area contributed by atoms with E-state index < -0.39 is 23.7 Å². The largest absolute Gasteiger partial charge is 0.480 e. The molecule has 0 aromatic carbocycles. The lowest BCUT2D eigenvalue weighted by molar-refractivity contribution is -0.142. The zero-order valence-electron chi connectivity index (χ0n) is 11.8. The van der Waals surface area contributed by atoms with Crippen molar-refractivity contribution in [2.45, 2.75) is 44.8 Å². The Hall–Kier alpha value is -2.05. The summed E-state index contributed by atoms with van der Waals surface area (Å²) >= 11 is 0. The Labute approximate surface area is 116 Å². The lowest BCUT2D eigenvalue weighted by atomic mass is 10.00. The molecule has 1 fully saturated rings. The third-order valence-corrected chi connectivity index (χ3v) is 3.20. The van der Waals surface area contributed by atoms with Crippen molar-refractivity contribution in [3.63, 3.8) is 0 Å². The minimum atomic E-state index is -1.01. The van der Waals surface area contributed by atoms with Crippen LogP contribution in [0.1, 0.15) is 38.7 Å². The first kappa shape index (κ1) is 14.4. The van der Waals surface area contributed by atoms with Gasteiger partial charge in [0.2, 0.25) is 0 Å². The number of nitrogens with one attached hydrogen (secondary N) is 1. The SMILES string of the molecule is CC(C)(C)OC(=O)N1CC(c2cn[nH]c2)C[C@@H]1C(=O)O. The molecule has 2 atom stereocenters. The van der Waals surface area contributed by atoms with Gasteiger partial charge >= 0.3 is 12.1 Å². The van der Waals surface area contributed by atoms with Crippen molar-refractivity contribution in [1.29, 1.82) is 0 Å². The van der Waals surface area contributed by atoms with E-state index in [1.807, 2.05) is 0 Å². The monoisotopic (exact) mass is 281 g/mol. The van der Waals surface area contributed by atoms with Crippen molar-refractivity contribution in [2.75, 3.05) is 6.54 Å². The Bertz CT molecular complexity index is 492. The molecule has 1 amide bonds. The van der Waals surface area contributed by atoms with Crippen molar-refractivity contribution < 1.29 is 19.4 Å². The number of hydrogen-bond donors (Lipinski definition) is 2. The van der Waals surface area contributed by atoms with E-state index in [0.29, 0.717) is 13.0 Å². The Morgan fingerprint density at radius 3 is 2.70 bits per heavy atom. The first-order valence-electron chi connectivity index (χ1n) is 6.49. The number of carboxylic acid groups (broad SMARTS) is 1. The predicted molar refractivity (Wildman–Crippen MR) is 70.3 cm³/mol. The van der Waals surface area contributed by atoms with Crippen LogP contribution in [-0.2, 0) is 9.53 Å². The molecule has 20 heavy (non-hydrogen) atoms. The molecule has 1 aromatic heterocycles. The summed E-state index contributed by atoms with van der Waals surface area (Å²) in [5.41, 5.74) is 0.260. The van der Waals surface area contributed by atoms with Gasteiger partial charge in [0.25, 0.3) is 0 Å². The van der Waals surface area contributed by atoms with Crippen LogP contribution in [-0.4, -0.2) is 50.5 Å². The van der Waals surface area contributed by atoms with E-state index in [4.69, 9.17) is 4.74 Å². The van der Waals surface area contributed by atoms with Crippen LogP contribution in [0.15, 0.2) is 12.4 Å². The van der Waals surface area contributed by atoms with E-state index in [1.165, 1.54) is 4.90 Å². The first-order chi connectivity index (χ1) is 9.28. The Balaban J connectivity index is 2.14. The number of carbonyl (C=O) groups is 2. The van der Waals surface area contributed by atoms with Gasteiger partial charge in [-0.25, -0.2) is 9.59 Å². The van der Waals surface area contributed by atoms with Gasteiger partial charge in [-0.1, -0.05) is 0 Å². The van der Waals surface area contributed by atoms with E-state index >= 15 is 0 Å². The van der Waals surface area contributed by atoms with E-state index in [1.54, 1.807) is 33.2 Å². The lowest BCUT2D eigenvalue weighted by Gasteiger charge is -2.26. The zero-order valence-corrected chi connectivity index (χ0v) is 11.8. The van der Waals surface area contributed by atoms with Gasteiger partial charge in [0.1, 0.15) is 11.6 Å². The number of hydrogen-bond acceptors (Lipinski definition) is 4. The topological polar surface area (TPSA) is 95.5 Å². The maximum absolute atomic E-state index is 12.1. The van der Waals surface area contributed by atoms with Crippen molar-refractivity contribution in [3.8, 4) is 0 Å². The Kier molecular flexibility index (Phi) is 3.69. The number of amides is 1. The molecule has 1 aliphatic rings. The molecular weight excluding hydrogens is 262 g/mol. The standard InChI is InChI=1S/C13H19N3O4/c1-13(2,3)20-12(19)16-7-8(4-10(16)11(17)18)9-5-14-15-6-9/h5-6,8,10H,4,7H2,1-3H3,(H,14,15)(H,17,18)/t8?,10-/m1/s1. The molecule has 1 saturated heterocycles. The van der Waals surface area contributed by atoms with E-state index in [-0.39, 0.29) is 5.92 Å². The third-order valence-electron chi connectivity index (χ3n) is 3.20. The number of nitrogens with zero attached hydrogens (tertiary/aromatic N) is 2. The number of aliphatic carboxylic acids is 1. The molecule has 1 aromatic rings. The first-order valence-corrected chi connectivity index (χ1v) is 6.49. The van der Waals surface area contributed by atoms with Crippen LogP contribution in [0.2, 0.25) is 0 Å². The van der Waals surface area contributed by atoms with Crippen molar-refractivity contribution in [2.24, 2.45) is 0 Å². The van der Waals surface area contributed by atoms with Crippen LogP contribution < -0.4 is 0 Å². The maximum atomic E-state index is 12.1. The highest BCUT2D eigenvalue weighted by Crippen LogP contribution is 2.32. The zero-order chi connectivity index (χ0) is 14.9. The second-order valence-electron chi connectivity index (χ2n) is 5.95. The van der Waals surface area contributed by atoms with Gasteiger partial charge in [-0.15, -0.1) is 0 Å². The van der Waals surface area contributed by atoms with E-state index in [2.05, 4.69) is 10.2 Å². The van der Waals surface area contributed by atoms with Crippen LogP contribution in [0.3, 0.4) is 0 Å². The van der Waals surface area contributed by atoms with Gasteiger partial charge in [-0.05, 0) is 32.8 Å².